The van der Waals surface area contributed by atoms with Gasteiger partial charge in [-0.1, -0.05) is 60.7 Å². The maximum absolute atomic E-state index is 6.05. The lowest BCUT2D eigenvalue weighted by molar-refractivity contribution is -0.615. The Morgan fingerprint density at radius 1 is 0.700 bits per heavy atom. The Morgan fingerprint density at radius 3 is 2.03 bits per heavy atom. The van der Waals surface area contributed by atoms with Gasteiger partial charge in [0.25, 0.3) is 0 Å². The van der Waals surface area contributed by atoms with Gasteiger partial charge in [0.05, 0.1) is 19.4 Å². The number of methoxy groups -OCH3 is 1. The Balaban J connectivity index is 1.60. The molecule has 0 N–H and O–H groups in total. The molecule has 4 aromatic rings. The first-order valence-corrected chi connectivity index (χ1v) is 9.76. The Labute approximate surface area is 175 Å². The van der Waals surface area contributed by atoms with E-state index < -0.39 is 0 Å². The number of hydrogen-bond acceptors (Lipinski definition) is 2. The highest BCUT2D eigenvalue weighted by molar-refractivity contribution is 5.74. The van der Waals surface area contributed by atoms with Crippen LogP contribution in [0.15, 0.2) is 103 Å². The van der Waals surface area contributed by atoms with Crippen LogP contribution in [0.2, 0.25) is 0 Å². The summed E-state index contributed by atoms with van der Waals surface area (Å²) in [5, 5.41) is 0. The number of hydrogen-bond donors (Lipinski definition) is 0. The van der Waals surface area contributed by atoms with Crippen LogP contribution in [0.3, 0.4) is 0 Å². The average molecular weight is 392 g/mol. The lowest BCUT2D eigenvalue weighted by atomic mass is 10.0. The second kappa shape index (κ2) is 7.76. The van der Waals surface area contributed by atoms with E-state index in [4.69, 9.17) is 14.9 Å². The molecule has 0 saturated carbocycles. The van der Waals surface area contributed by atoms with Crippen LogP contribution < -0.4 is 14.1 Å². The van der Waals surface area contributed by atoms with Gasteiger partial charge in [0.2, 0.25) is 5.69 Å². The van der Waals surface area contributed by atoms with Gasteiger partial charge in [-0.25, -0.2) is 0 Å². The van der Waals surface area contributed by atoms with Crippen LogP contribution in [0.25, 0.3) is 33.5 Å². The highest BCUT2D eigenvalue weighted by Gasteiger charge is 2.21. The molecule has 0 bridgehead atoms. The summed E-state index contributed by atoms with van der Waals surface area (Å²) in [6.45, 7) is 0. The summed E-state index contributed by atoms with van der Waals surface area (Å²) in [6, 6.07) is 32.5. The Hall–Kier alpha value is -4.05. The van der Waals surface area contributed by atoms with E-state index in [1.54, 1.807) is 13.4 Å². The summed E-state index contributed by atoms with van der Waals surface area (Å²) < 4.78 is 13.2. The van der Waals surface area contributed by atoms with Gasteiger partial charge in [-0.3, -0.25) is 0 Å². The SMILES string of the molecule is COc1ccc(C2=COc3cc(-c4ccccc4)cc(-c4ccccc4)[n+]3[N-]2)cc1. The van der Waals surface area contributed by atoms with Crippen molar-refractivity contribution in [2.24, 2.45) is 0 Å². The van der Waals surface area contributed by atoms with Crippen LogP contribution in [-0.4, -0.2) is 7.11 Å². The van der Waals surface area contributed by atoms with Crippen molar-refractivity contribution in [2.75, 3.05) is 7.11 Å². The molecule has 0 saturated heterocycles. The van der Waals surface area contributed by atoms with E-state index in [2.05, 4.69) is 30.3 Å². The van der Waals surface area contributed by atoms with Gasteiger partial charge in [0.1, 0.15) is 5.75 Å². The maximum atomic E-state index is 6.05. The van der Waals surface area contributed by atoms with Crippen LogP contribution in [0, 0.1) is 0 Å². The van der Waals surface area contributed by atoms with E-state index in [9.17, 15) is 0 Å². The third kappa shape index (κ3) is 3.40. The summed E-state index contributed by atoms with van der Waals surface area (Å²) in [6.07, 6.45) is 1.70. The van der Waals surface area contributed by atoms with Crippen LogP contribution in [0.5, 0.6) is 11.6 Å². The fourth-order valence-corrected chi connectivity index (χ4v) is 3.50. The second-order valence-corrected chi connectivity index (χ2v) is 6.96. The molecular formula is C26H20N2O2. The quantitative estimate of drug-likeness (QED) is 0.409. The molecule has 4 nitrogen and oxygen atoms in total. The molecule has 0 amide bonds. The largest absolute Gasteiger partial charge is 0.497 e. The lowest BCUT2D eigenvalue weighted by Crippen LogP contribution is -2.36. The first kappa shape index (κ1) is 18.0. The Kier molecular flexibility index (Phi) is 4.66. The summed E-state index contributed by atoms with van der Waals surface area (Å²) in [7, 11) is 1.66. The third-order valence-electron chi connectivity index (χ3n) is 5.07. The number of pyridine rings is 1. The van der Waals surface area contributed by atoms with Crippen molar-refractivity contribution in [3.05, 3.63) is 114 Å². The number of aromatic nitrogens is 1. The molecule has 2 heterocycles. The summed E-state index contributed by atoms with van der Waals surface area (Å²) >= 11 is 0. The first-order valence-electron chi connectivity index (χ1n) is 9.76. The standard InChI is InChI=1S/C26H20N2O2/c1-29-23-14-12-20(13-15-23)24-18-30-26-17-22(19-8-4-2-5-9-19)16-25(28(26)27-24)21-10-6-3-7-11-21/h2-18H,1H3. The molecule has 30 heavy (non-hydrogen) atoms. The van der Waals surface area contributed by atoms with Crippen LogP contribution in [-0.2, 0) is 0 Å². The van der Waals surface area contributed by atoms with E-state index in [-0.39, 0.29) is 0 Å². The first-order chi connectivity index (χ1) is 14.8. The van der Waals surface area contributed by atoms with Crippen molar-refractivity contribution in [3.8, 4) is 34.0 Å². The van der Waals surface area contributed by atoms with Crippen LogP contribution in [0.4, 0.5) is 0 Å². The fraction of sp³-hybridized carbons (Fsp3) is 0.0385. The van der Waals surface area contributed by atoms with E-state index in [1.165, 1.54) is 0 Å². The van der Waals surface area contributed by atoms with Gasteiger partial charge in [0, 0.05) is 11.6 Å². The van der Waals surface area contributed by atoms with Gasteiger partial charge < -0.3 is 14.9 Å². The molecule has 146 valence electrons. The van der Waals surface area contributed by atoms with Gasteiger partial charge in [-0.15, -0.1) is 0 Å². The molecule has 0 unspecified atom stereocenters. The van der Waals surface area contributed by atoms with Gasteiger partial charge >= 0.3 is 5.88 Å². The third-order valence-corrected chi connectivity index (χ3v) is 5.07. The van der Waals surface area contributed by atoms with Crippen molar-refractivity contribution in [1.29, 1.82) is 0 Å². The van der Waals surface area contributed by atoms with Crippen molar-refractivity contribution < 1.29 is 14.1 Å². The number of benzene rings is 3. The summed E-state index contributed by atoms with van der Waals surface area (Å²) in [5.41, 5.74) is 10.8. The number of fused-ring (bicyclic) bond motifs is 1. The molecule has 0 fully saturated rings. The molecule has 1 aromatic heterocycles. The lowest BCUT2D eigenvalue weighted by Gasteiger charge is -2.26. The highest BCUT2D eigenvalue weighted by atomic mass is 16.5. The summed E-state index contributed by atoms with van der Waals surface area (Å²) in [5.74, 6) is 1.48. The molecular weight excluding hydrogens is 372 g/mol. The van der Waals surface area contributed by atoms with Crippen molar-refractivity contribution >= 4 is 5.70 Å². The zero-order valence-corrected chi connectivity index (χ0v) is 16.5. The Bertz CT molecular complexity index is 1200. The van der Waals surface area contributed by atoms with Crippen molar-refractivity contribution in [2.45, 2.75) is 0 Å². The van der Waals surface area contributed by atoms with E-state index >= 15 is 0 Å². The zero-order chi connectivity index (χ0) is 20.3. The zero-order valence-electron chi connectivity index (χ0n) is 16.5. The normalized spacial score (nSPS) is 12.2. The second-order valence-electron chi connectivity index (χ2n) is 6.96. The van der Waals surface area contributed by atoms with Crippen molar-refractivity contribution in [1.82, 2.24) is 0 Å². The number of rotatable bonds is 4. The smallest absolute Gasteiger partial charge is 0.369 e. The maximum Gasteiger partial charge on any atom is 0.369 e. The Morgan fingerprint density at radius 2 is 1.37 bits per heavy atom. The van der Waals surface area contributed by atoms with Gasteiger partial charge in [0.15, 0.2) is 0 Å². The van der Waals surface area contributed by atoms with Gasteiger partial charge in [-0.05, 0) is 46.7 Å². The predicted molar refractivity (Wildman–Crippen MR) is 118 cm³/mol. The molecule has 1 aliphatic heterocycles. The monoisotopic (exact) mass is 392 g/mol. The molecule has 5 rings (SSSR count). The van der Waals surface area contributed by atoms with Gasteiger partial charge in [-0.2, -0.15) is 4.68 Å². The van der Waals surface area contributed by atoms with E-state index in [0.29, 0.717) is 5.88 Å². The molecule has 0 aliphatic carbocycles. The minimum atomic E-state index is 0.674. The van der Waals surface area contributed by atoms with Crippen LogP contribution in [0.1, 0.15) is 5.56 Å². The van der Waals surface area contributed by atoms with E-state index in [1.807, 2.05) is 71.4 Å². The molecule has 4 heteroatoms. The fourth-order valence-electron chi connectivity index (χ4n) is 3.50. The topological polar surface area (TPSA) is 36.4 Å². The minimum absolute atomic E-state index is 0.674. The number of ether oxygens (including phenoxy) is 2. The van der Waals surface area contributed by atoms with Crippen molar-refractivity contribution in [3.63, 3.8) is 0 Å². The molecule has 0 atom stereocenters. The predicted octanol–water partition coefficient (Wildman–Crippen LogP) is 5.84. The molecule has 0 radical (unpaired) electrons. The van der Waals surface area contributed by atoms with E-state index in [0.717, 1.165) is 39.4 Å². The molecule has 1 aliphatic rings. The number of nitrogens with zero attached hydrogens (tertiary/aromatic N) is 2. The average Bonchev–Trinajstić information content (AvgIpc) is 2.84. The minimum Gasteiger partial charge on any atom is -0.497 e. The highest BCUT2D eigenvalue weighted by Crippen LogP contribution is 2.33. The molecule has 0 spiro atoms. The molecule has 3 aromatic carbocycles. The van der Waals surface area contributed by atoms with Crippen LogP contribution >= 0.6 is 0 Å². The summed E-state index contributed by atoms with van der Waals surface area (Å²) in [4.78, 5) is 0.